The van der Waals surface area contributed by atoms with E-state index in [1.165, 1.54) is 18.4 Å². The first-order valence-electron chi connectivity index (χ1n) is 12.7. The molecular weight excluding hydrogens is 636 g/mol. The van der Waals surface area contributed by atoms with Crippen LogP contribution in [0.5, 0.6) is 0 Å². The SMILES string of the molecule is COC(=O)c1cc(F)c2nc(N3CC[C@@H](OC(=O)c4c(-c5ccccc5)noc4C4CC4)C[C@H]3CI)sc2c1. The molecule has 4 aromatic rings. The molecule has 11 heteroatoms. The summed E-state index contributed by atoms with van der Waals surface area (Å²) in [6.07, 6.45) is 2.89. The second-order valence-corrected chi connectivity index (χ2v) is 11.6. The summed E-state index contributed by atoms with van der Waals surface area (Å²) in [5.41, 5.74) is 2.16. The Morgan fingerprint density at radius 1 is 1.18 bits per heavy atom. The van der Waals surface area contributed by atoms with Crippen LogP contribution in [0.2, 0.25) is 0 Å². The number of piperidine rings is 1. The molecule has 1 saturated carbocycles. The molecule has 1 aliphatic heterocycles. The number of hydrogen-bond acceptors (Lipinski definition) is 9. The van der Waals surface area contributed by atoms with Gasteiger partial charge in [-0.25, -0.2) is 19.0 Å². The number of esters is 2. The second-order valence-electron chi connectivity index (χ2n) is 9.76. The lowest BCUT2D eigenvalue weighted by molar-refractivity contribution is 0.0216. The van der Waals surface area contributed by atoms with Gasteiger partial charge in [0.15, 0.2) is 16.7 Å². The van der Waals surface area contributed by atoms with E-state index in [4.69, 9.17) is 14.0 Å². The van der Waals surface area contributed by atoms with Crippen LogP contribution in [0.25, 0.3) is 21.5 Å². The number of fused-ring (bicyclic) bond motifs is 1. The molecule has 3 heterocycles. The van der Waals surface area contributed by atoms with Crippen molar-refractivity contribution in [3.05, 3.63) is 65.2 Å². The number of ether oxygens (including phenoxy) is 2. The molecule has 202 valence electrons. The highest BCUT2D eigenvalue weighted by atomic mass is 127. The van der Waals surface area contributed by atoms with E-state index in [0.29, 0.717) is 46.2 Å². The van der Waals surface area contributed by atoms with E-state index in [0.717, 1.165) is 28.9 Å². The molecule has 8 nitrogen and oxygen atoms in total. The van der Waals surface area contributed by atoms with Gasteiger partial charge >= 0.3 is 11.9 Å². The Kier molecular flexibility index (Phi) is 7.27. The quantitative estimate of drug-likeness (QED) is 0.128. The monoisotopic (exact) mass is 661 g/mol. The van der Waals surface area contributed by atoms with Crippen LogP contribution < -0.4 is 4.90 Å². The maximum atomic E-state index is 14.7. The predicted molar refractivity (Wildman–Crippen MR) is 153 cm³/mol. The molecule has 2 fully saturated rings. The lowest BCUT2D eigenvalue weighted by Gasteiger charge is -2.38. The van der Waals surface area contributed by atoms with Crippen LogP contribution in [-0.4, -0.2) is 52.3 Å². The number of alkyl halides is 1. The minimum Gasteiger partial charge on any atom is -0.465 e. The topological polar surface area (TPSA) is 94.8 Å². The first-order valence-corrected chi connectivity index (χ1v) is 15.1. The molecule has 39 heavy (non-hydrogen) atoms. The zero-order valence-corrected chi connectivity index (χ0v) is 24.0. The largest absolute Gasteiger partial charge is 0.465 e. The number of carbonyl (C=O) groups is 2. The molecule has 2 aliphatic rings. The molecule has 1 saturated heterocycles. The Bertz CT molecular complexity index is 1540. The number of rotatable bonds is 7. The zero-order chi connectivity index (χ0) is 27.1. The highest BCUT2D eigenvalue weighted by Gasteiger charge is 2.38. The smallest absolute Gasteiger partial charge is 0.344 e. The Morgan fingerprint density at radius 2 is 1.97 bits per heavy atom. The number of benzene rings is 2. The minimum absolute atomic E-state index is 0.0415. The number of anilines is 1. The van der Waals surface area contributed by atoms with Crippen LogP contribution >= 0.6 is 33.9 Å². The summed E-state index contributed by atoms with van der Waals surface area (Å²) in [7, 11) is 1.27. The van der Waals surface area contributed by atoms with E-state index in [1.54, 1.807) is 6.07 Å². The maximum absolute atomic E-state index is 14.7. The van der Waals surface area contributed by atoms with Crippen LogP contribution in [0.15, 0.2) is 47.0 Å². The molecule has 0 amide bonds. The Labute approximate surface area is 241 Å². The van der Waals surface area contributed by atoms with Gasteiger partial charge in [-0.05, 0) is 25.0 Å². The van der Waals surface area contributed by atoms with Crippen molar-refractivity contribution in [1.82, 2.24) is 10.1 Å². The van der Waals surface area contributed by atoms with Gasteiger partial charge < -0.3 is 18.9 Å². The fourth-order valence-corrected chi connectivity index (χ4v) is 6.93. The van der Waals surface area contributed by atoms with Gasteiger partial charge in [-0.3, -0.25) is 0 Å². The standard InChI is InChI=1S/C28H25FIN3O5S/c1-36-26(34)17-11-20(29)24-21(12-17)39-28(31-24)33-10-9-19(13-18(33)14-30)37-27(35)22-23(15-5-3-2-4-6-15)32-38-25(22)16-7-8-16/h2-6,11-12,16,18-19H,7-10,13-14H2,1H3/t18-,19+/m0/s1. The van der Waals surface area contributed by atoms with Gasteiger partial charge in [0.1, 0.15) is 22.9 Å². The van der Waals surface area contributed by atoms with Crippen LogP contribution in [0.1, 0.15) is 58.1 Å². The highest BCUT2D eigenvalue weighted by molar-refractivity contribution is 14.1. The van der Waals surface area contributed by atoms with Crippen molar-refractivity contribution in [2.45, 2.75) is 43.7 Å². The molecule has 0 N–H and O–H groups in total. The van der Waals surface area contributed by atoms with E-state index in [-0.39, 0.29) is 29.1 Å². The summed E-state index contributed by atoms with van der Waals surface area (Å²) in [6.45, 7) is 0.599. The van der Waals surface area contributed by atoms with Crippen LogP contribution in [0, 0.1) is 5.82 Å². The van der Waals surface area contributed by atoms with Gasteiger partial charge in [-0.2, -0.15) is 0 Å². The first-order chi connectivity index (χ1) is 19.0. The van der Waals surface area contributed by atoms with Gasteiger partial charge in [0.25, 0.3) is 0 Å². The molecule has 0 bridgehead atoms. The van der Waals surface area contributed by atoms with Crippen molar-refractivity contribution in [1.29, 1.82) is 0 Å². The molecule has 0 radical (unpaired) electrons. The van der Waals surface area contributed by atoms with E-state index in [2.05, 4.69) is 37.6 Å². The lowest BCUT2D eigenvalue weighted by Crippen LogP contribution is -2.46. The van der Waals surface area contributed by atoms with Gasteiger partial charge in [-0.15, -0.1) is 0 Å². The summed E-state index contributed by atoms with van der Waals surface area (Å²) in [5.74, 6) is -0.726. The Balaban J connectivity index is 1.21. The van der Waals surface area contributed by atoms with Crippen LogP contribution in [0.4, 0.5) is 9.52 Å². The number of thiazole rings is 1. The van der Waals surface area contributed by atoms with Crippen LogP contribution in [0.3, 0.4) is 0 Å². The zero-order valence-electron chi connectivity index (χ0n) is 21.1. The normalized spacial score (nSPS) is 19.3. The summed E-state index contributed by atoms with van der Waals surface area (Å²) >= 11 is 3.66. The van der Waals surface area contributed by atoms with Crippen molar-refractivity contribution in [3.63, 3.8) is 0 Å². The molecule has 2 aromatic heterocycles. The van der Waals surface area contributed by atoms with Crippen molar-refractivity contribution >= 4 is 61.2 Å². The van der Waals surface area contributed by atoms with Gasteiger partial charge in [-0.1, -0.05) is 69.4 Å². The Morgan fingerprint density at radius 3 is 2.69 bits per heavy atom. The fraction of sp³-hybridized carbons (Fsp3) is 0.357. The van der Waals surface area contributed by atoms with Gasteiger partial charge in [0.05, 0.1) is 17.4 Å². The van der Waals surface area contributed by atoms with Crippen molar-refractivity contribution in [3.8, 4) is 11.3 Å². The predicted octanol–water partition coefficient (Wildman–Crippen LogP) is 6.38. The number of nitrogens with zero attached hydrogens (tertiary/aromatic N) is 3. The maximum Gasteiger partial charge on any atom is 0.344 e. The number of carbonyl (C=O) groups excluding carboxylic acids is 2. The average Bonchev–Trinajstić information content (AvgIpc) is 3.55. The lowest BCUT2D eigenvalue weighted by atomic mass is 10.0. The van der Waals surface area contributed by atoms with Crippen LogP contribution in [-0.2, 0) is 9.47 Å². The molecule has 0 spiro atoms. The summed E-state index contributed by atoms with van der Waals surface area (Å²) in [5, 5.41) is 4.92. The van der Waals surface area contributed by atoms with E-state index < -0.39 is 17.8 Å². The summed E-state index contributed by atoms with van der Waals surface area (Å²) in [4.78, 5) is 32.1. The average molecular weight is 661 g/mol. The van der Waals surface area contributed by atoms with Crippen molar-refractivity contribution in [2.24, 2.45) is 0 Å². The number of aromatic nitrogens is 2. The number of halogens is 2. The first kappa shape index (κ1) is 26.2. The number of methoxy groups -OCH3 is 1. The molecule has 6 rings (SSSR count). The minimum atomic E-state index is -0.591. The second kappa shape index (κ2) is 10.8. The number of hydrogen-bond donors (Lipinski definition) is 0. The van der Waals surface area contributed by atoms with E-state index >= 15 is 0 Å². The van der Waals surface area contributed by atoms with E-state index in [9.17, 15) is 14.0 Å². The van der Waals surface area contributed by atoms with Crippen molar-refractivity contribution in [2.75, 3.05) is 23.0 Å². The fourth-order valence-electron chi connectivity index (χ4n) is 4.98. The summed E-state index contributed by atoms with van der Waals surface area (Å²) in [6, 6.07) is 12.3. The van der Waals surface area contributed by atoms with Gasteiger partial charge in [0.2, 0.25) is 0 Å². The highest BCUT2D eigenvalue weighted by Crippen LogP contribution is 2.44. The molecule has 1 aliphatic carbocycles. The third kappa shape index (κ3) is 5.13. The molecule has 2 aromatic carbocycles. The van der Waals surface area contributed by atoms with Gasteiger partial charge in [0, 0.05) is 41.3 Å². The molecule has 2 atom stereocenters. The molecular formula is C28H25FIN3O5S. The Hall–Kier alpha value is -3.06. The van der Waals surface area contributed by atoms with Crippen molar-refractivity contribution < 1.29 is 28.0 Å². The third-order valence-corrected chi connectivity index (χ3v) is 9.20. The van der Waals surface area contributed by atoms with E-state index in [1.807, 2.05) is 30.3 Å². The third-order valence-electron chi connectivity index (χ3n) is 7.14. The molecule has 0 unspecified atom stereocenters. The summed E-state index contributed by atoms with van der Waals surface area (Å²) < 4.78 is 32.5.